The van der Waals surface area contributed by atoms with Crippen LogP contribution in [0.15, 0.2) is 30.3 Å². The SMILES string of the molecule is CC(CC(=O)c1ccccc1)N1CCCC1.Cl. The Morgan fingerprint density at radius 1 is 1.24 bits per heavy atom. The summed E-state index contributed by atoms with van der Waals surface area (Å²) in [5, 5.41) is 0. The molecule has 1 aliphatic heterocycles. The van der Waals surface area contributed by atoms with Gasteiger partial charge in [-0.1, -0.05) is 30.3 Å². The number of carbonyl (C=O) groups is 1. The summed E-state index contributed by atoms with van der Waals surface area (Å²) in [7, 11) is 0. The number of likely N-dealkylation sites (tertiary alicyclic amines) is 1. The van der Waals surface area contributed by atoms with Gasteiger partial charge in [-0.25, -0.2) is 0 Å². The van der Waals surface area contributed by atoms with Crippen molar-refractivity contribution in [2.75, 3.05) is 13.1 Å². The molecule has 2 nitrogen and oxygen atoms in total. The number of hydrogen-bond acceptors (Lipinski definition) is 2. The summed E-state index contributed by atoms with van der Waals surface area (Å²) in [6, 6.07) is 9.98. The zero-order valence-corrected chi connectivity index (χ0v) is 11.1. The molecule has 1 unspecified atom stereocenters. The Morgan fingerprint density at radius 2 is 1.82 bits per heavy atom. The van der Waals surface area contributed by atoms with E-state index in [0.717, 1.165) is 18.7 Å². The minimum absolute atomic E-state index is 0. The Labute approximate surface area is 109 Å². The van der Waals surface area contributed by atoms with E-state index in [9.17, 15) is 4.79 Å². The van der Waals surface area contributed by atoms with Gasteiger partial charge in [0.25, 0.3) is 0 Å². The minimum atomic E-state index is 0. The highest BCUT2D eigenvalue weighted by Crippen LogP contribution is 2.15. The predicted molar refractivity (Wildman–Crippen MR) is 72.9 cm³/mol. The molecule has 1 aromatic rings. The van der Waals surface area contributed by atoms with Gasteiger partial charge in [0.05, 0.1) is 0 Å². The summed E-state index contributed by atoms with van der Waals surface area (Å²) in [5.41, 5.74) is 0.841. The lowest BCUT2D eigenvalue weighted by Gasteiger charge is -2.22. The lowest BCUT2D eigenvalue weighted by atomic mass is 10.0. The van der Waals surface area contributed by atoms with E-state index in [0.29, 0.717) is 12.5 Å². The third-order valence-electron chi connectivity index (χ3n) is 3.34. The Hall–Kier alpha value is -0.860. The molecule has 1 saturated heterocycles. The van der Waals surface area contributed by atoms with E-state index < -0.39 is 0 Å². The van der Waals surface area contributed by atoms with Gasteiger partial charge < -0.3 is 4.90 Å². The molecule has 17 heavy (non-hydrogen) atoms. The normalized spacial score (nSPS) is 17.5. The highest BCUT2D eigenvalue weighted by atomic mass is 35.5. The number of Topliss-reactive ketones (excluding diaryl/α,β-unsaturated/α-hetero) is 1. The van der Waals surface area contributed by atoms with Gasteiger partial charge in [-0.15, -0.1) is 12.4 Å². The van der Waals surface area contributed by atoms with Gasteiger partial charge in [0.2, 0.25) is 0 Å². The van der Waals surface area contributed by atoms with E-state index >= 15 is 0 Å². The second-order valence-electron chi connectivity index (χ2n) is 4.59. The van der Waals surface area contributed by atoms with E-state index in [1.165, 1.54) is 12.8 Å². The molecule has 1 atom stereocenters. The van der Waals surface area contributed by atoms with Gasteiger partial charge >= 0.3 is 0 Å². The van der Waals surface area contributed by atoms with Crippen LogP contribution >= 0.6 is 12.4 Å². The van der Waals surface area contributed by atoms with E-state index in [1.807, 2.05) is 30.3 Å². The van der Waals surface area contributed by atoms with E-state index in [2.05, 4.69) is 11.8 Å². The van der Waals surface area contributed by atoms with Crippen molar-refractivity contribution in [2.45, 2.75) is 32.2 Å². The fourth-order valence-electron chi connectivity index (χ4n) is 2.32. The second kappa shape index (κ2) is 6.77. The number of benzene rings is 1. The number of halogens is 1. The first-order valence-corrected chi connectivity index (χ1v) is 6.09. The van der Waals surface area contributed by atoms with Crippen LogP contribution in [0, 0.1) is 0 Å². The standard InChI is InChI=1S/C14H19NO.ClH/c1-12(15-9-5-6-10-15)11-14(16)13-7-3-2-4-8-13;/h2-4,7-8,12H,5-6,9-11H2,1H3;1H. The predicted octanol–water partition coefficient (Wildman–Crippen LogP) is 3.17. The quantitative estimate of drug-likeness (QED) is 0.769. The van der Waals surface area contributed by atoms with Crippen molar-refractivity contribution in [1.29, 1.82) is 0 Å². The number of carbonyl (C=O) groups excluding carboxylic acids is 1. The monoisotopic (exact) mass is 253 g/mol. The lowest BCUT2D eigenvalue weighted by molar-refractivity contribution is 0.0941. The third-order valence-corrected chi connectivity index (χ3v) is 3.34. The van der Waals surface area contributed by atoms with Gasteiger partial charge in [-0.2, -0.15) is 0 Å². The molecular weight excluding hydrogens is 234 g/mol. The molecule has 1 aliphatic rings. The van der Waals surface area contributed by atoms with Crippen molar-refractivity contribution < 1.29 is 4.79 Å². The Balaban J connectivity index is 0.00000144. The maximum Gasteiger partial charge on any atom is 0.164 e. The highest BCUT2D eigenvalue weighted by molar-refractivity contribution is 5.96. The molecule has 0 bridgehead atoms. The molecule has 1 aromatic carbocycles. The number of nitrogens with zero attached hydrogens (tertiary/aromatic N) is 1. The summed E-state index contributed by atoms with van der Waals surface area (Å²) in [5.74, 6) is 0.264. The van der Waals surface area contributed by atoms with Crippen molar-refractivity contribution in [3.8, 4) is 0 Å². The van der Waals surface area contributed by atoms with Gasteiger partial charge in [0.15, 0.2) is 5.78 Å². The smallest absolute Gasteiger partial charge is 0.164 e. The van der Waals surface area contributed by atoms with Crippen molar-refractivity contribution in [2.24, 2.45) is 0 Å². The van der Waals surface area contributed by atoms with Crippen LogP contribution in [0.25, 0.3) is 0 Å². The van der Waals surface area contributed by atoms with Gasteiger partial charge in [-0.3, -0.25) is 4.79 Å². The van der Waals surface area contributed by atoms with Crippen LogP contribution in [0.3, 0.4) is 0 Å². The fourth-order valence-corrected chi connectivity index (χ4v) is 2.32. The first kappa shape index (κ1) is 14.2. The molecule has 0 saturated carbocycles. The van der Waals surface area contributed by atoms with Crippen LogP contribution in [0.4, 0.5) is 0 Å². The summed E-state index contributed by atoms with van der Waals surface area (Å²) in [6.45, 7) is 4.47. The van der Waals surface area contributed by atoms with Gasteiger partial charge in [-0.05, 0) is 32.9 Å². The summed E-state index contributed by atoms with van der Waals surface area (Å²) in [4.78, 5) is 14.4. The Morgan fingerprint density at radius 3 is 2.41 bits per heavy atom. The fraction of sp³-hybridized carbons (Fsp3) is 0.500. The van der Waals surface area contributed by atoms with Gasteiger partial charge in [0, 0.05) is 18.0 Å². The molecule has 0 radical (unpaired) electrons. The Kier molecular flexibility index (Phi) is 5.66. The van der Waals surface area contributed by atoms with Crippen molar-refractivity contribution in [3.05, 3.63) is 35.9 Å². The first-order chi connectivity index (χ1) is 7.77. The van der Waals surface area contributed by atoms with Gasteiger partial charge in [0.1, 0.15) is 0 Å². The highest BCUT2D eigenvalue weighted by Gasteiger charge is 2.20. The van der Waals surface area contributed by atoms with E-state index in [-0.39, 0.29) is 18.2 Å². The minimum Gasteiger partial charge on any atom is -0.300 e. The lowest BCUT2D eigenvalue weighted by Crippen LogP contribution is -2.32. The van der Waals surface area contributed by atoms with Crippen LogP contribution in [0.5, 0.6) is 0 Å². The van der Waals surface area contributed by atoms with Crippen LogP contribution in [-0.2, 0) is 0 Å². The first-order valence-electron chi connectivity index (χ1n) is 6.09. The number of rotatable bonds is 4. The van der Waals surface area contributed by atoms with E-state index in [1.54, 1.807) is 0 Å². The maximum atomic E-state index is 12.0. The number of ketones is 1. The van der Waals surface area contributed by atoms with Crippen LogP contribution < -0.4 is 0 Å². The molecular formula is C14H20ClNO. The zero-order chi connectivity index (χ0) is 11.4. The molecule has 1 heterocycles. The second-order valence-corrected chi connectivity index (χ2v) is 4.59. The zero-order valence-electron chi connectivity index (χ0n) is 10.3. The molecule has 0 spiro atoms. The van der Waals surface area contributed by atoms with Crippen molar-refractivity contribution in [1.82, 2.24) is 4.90 Å². The molecule has 2 rings (SSSR count). The van der Waals surface area contributed by atoms with Crippen LogP contribution in [-0.4, -0.2) is 29.8 Å². The maximum absolute atomic E-state index is 12.0. The summed E-state index contributed by atoms with van der Waals surface area (Å²) >= 11 is 0. The molecule has 3 heteroatoms. The third kappa shape index (κ3) is 3.83. The van der Waals surface area contributed by atoms with Crippen LogP contribution in [0.1, 0.15) is 36.5 Å². The molecule has 0 amide bonds. The molecule has 0 aromatic heterocycles. The van der Waals surface area contributed by atoms with E-state index in [4.69, 9.17) is 0 Å². The van der Waals surface area contributed by atoms with Crippen molar-refractivity contribution >= 4 is 18.2 Å². The topological polar surface area (TPSA) is 20.3 Å². The summed E-state index contributed by atoms with van der Waals surface area (Å²) in [6.07, 6.45) is 3.21. The molecule has 94 valence electrons. The average Bonchev–Trinajstić information content (AvgIpc) is 2.83. The largest absolute Gasteiger partial charge is 0.300 e. The Bertz CT molecular complexity index is 346. The molecule has 0 aliphatic carbocycles. The molecule has 1 fully saturated rings. The van der Waals surface area contributed by atoms with Crippen molar-refractivity contribution in [3.63, 3.8) is 0 Å². The number of hydrogen-bond donors (Lipinski definition) is 0. The summed E-state index contributed by atoms with van der Waals surface area (Å²) < 4.78 is 0. The molecule has 0 N–H and O–H groups in total. The average molecular weight is 254 g/mol. The van der Waals surface area contributed by atoms with Crippen LogP contribution in [0.2, 0.25) is 0 Å².